The summed E-state index contributed by atoms with van der Waals surface area (Å²) in [6.07, 6.45) is -2.66. The summed E-state index contributed by atoms with van der Waals surface area (Å²) in [7, 11) is 2.80. The standard InChI is InChI=1S/C27H24F3N5O5/c1-39-21-10-9-20(15-22(21)40-2)35-26(38)34(16-17-6-5-7-18(14-17)27(28,29)30)25(37)23(33-35)24(36)32-13-11-19-8-3-4-12-31-19/h3-10,12,14-15H,11,13,16H2,1-2H3,(H,32,36). The third kappa shape index (κ3) is 6.20. The molecule has 0 bridgehead atoms. The van der Waals surface area contributed by atoms with E-state index >= 15 is 0 Å². The van der Waals surface area contributed by atoms with Gasteiger partial charge >= 0.3 is 11.9 Å². The first-order valence-corrected chi connectivity index (χ1v) is 11.9. The zero-order valence-corrected chi connectivity index (χ0v) is 21.4. The van der Waals surface area contributed by atoms with Crippen LogP contribution < -0.4 is 26.0 Å². The van der Waals surface area contributed by atoms with Gasteiger partial charge in [0.1, 0.15) is 0 Å². The van der Waals surface area contributed by atoms with Gasteiger partial charge in [0.05, 0.1) is 32.0 Å². The lowest BCUT2D eigenvalue weighted by Crippen LogP contribution is -2.46. The van der Waals surface area contributed by atoms with Crippen LogP contribution in [0.2, 0.25) is 0 Å². The maximum atomic E-state index is 13.4. The van der Waals surface area contributed by atoms with Crippen molar-refractivity contribution in [3.8, 4) is 17.2 Å². The van der Waals surface area contributed by atoms with E-state index in [0.717, 1.165) is 16.8 Å². The zero-order chi connectivity index (χ0) is 28.9. The first kappa shape index (κ1) is 28.1. The second kappa shape index (κ2) is 11.8. The Balaban J connectivity index is 1.78. The van der Waals surface area contributed by atoms with Crippen LogP contribution in [0.1, 0.15) is 27.3 Å². The lowest BCUT2D eigenvalue weighted by atomic mass is 10.1. The fraction of sp³-hybridized carbons (Fsp3) is 0.222. The van der Waals surface area contributed by atoms with Crippen LogP contribution in [0.15, 0.2) is 76.4 Å². The lowest BCUT2D eigenvalue weighted by Gasteiger charge is -2.14. The zero-order valence-electron chi connectivity index (χ0n) is 21.4. The van der Waals surface area contributed by atoms with Crippen molar-refractivity contribution in [1.29, 1.82) is 0 Å². The summed E-state index contributed by atoms with van der Waals surface area (Å²) < 4.78 is 51.8. The Morgan fingerprint density at radius 2 is 1.75 bits per heavy atom. The minimum Gasteiger partial charge on any atom is -0.493 e. The second-order valence-electron chi connectivity index (χ2n) is 8.50. The van der Waals surface area contributed by atoms with E-state index in [1.165, 1.54) is 44.6 Å². The Morgan fingerprint density at radius 3 is 2.42 bits per heavy atom. The van der Waals surface area contributed by atoms with E-state index in [0.29, 0.717) is 22.4 Å². The number of ether oxygens (including phenoxy) is 2. The highest BCUT2D eigenvalue weighted by Gasteiger charge is 2.30. The summed E-state index contributed by atoms with van der Waals surface area (Å²) in [6.45, 7) is -0.425. The average molecular weight is 556 g/mol. The lowest BCUT2D eigenvalue weighted by molar-refractivity contribution is -0.137. The number of benzene rings is 2. The van der Waals surface area contributed by atoms with Crippen LogP contribution in [-0.4, -0.2) is 46.0 Å². The first-order chi connectivity index (χ1) is 19.1. The highest BCUT2D eigenvalue weighted by atomic mass is 19.4. The number of halogens is 3. The molecule has 0 fully saturated rings. The van der Waals surface area contributed by atoms with Crippen LogP contribution >= 0.6 is 0 Å². The largest absolute Gasteiger partial charge is 0.493 e. The SMILES string of the molecule is COc1ccc(-n2nc(C(=O)NCCc3ccccn3)c(=O)n(Cc3cccc(C(F)(F)F)c3)c2=O)cc1OC. The van der Waals surface area contributed by atoms with Crippen molar-refractivity contribution in [3.05, 3.63) is 110 Å². The minimum atomic E-state index is -4.63. The van der Waals surface area contributed by atoms with E-state index in [1.807, 2.05) is 0 Å². The molecule has 0 unspecified atom stereocenters. The highest BCUT2D eigenvalue weighted by Crippen LogP contribution is 2.30. The van der Waals surface area contributed by atoms with Gasteiger partial charge in [-0.2, -0.15) is 23.0 Å². The number of aromatic nitrogens is 4. The third-order valence-corrected chi connectivity index (χ3v) is 5.87. The molecule has 2 aromatic heterocycles. The molecule has 0 spiro atoms. The number of methoxy groups -OCH3 is 2. The van der Waals surface area contributed by atoms with Crippen LogP contribution in [-0.2, 0) is 19.1 Å². The van der Waals surface area contributed by atoms with Gasteiger partial charge in [-0.25, -0.2) is 4.79 Å². The van der Waals surface area contributed by atoms with E-state index in [2.05, 4.69) is 15.4 Å². The monoisotopic (exact) mass is 555 g/mol. The van der Waals surface area contributed by atoms with Crippen molar-refractivity contribution in [2.45, 2.75) is 19.1 Å². The molecule has 0 radical (unpaired) electrons. The molecule has 13 heteroatoms. The van der Waals surface area contributed by atoms with Crippen LogP contribution in [0.4, 0.5) is 13.2 Å². The fourth-order valence-electron chi connectivity index (χ4n) is 3.88. The number of carbonyl (C=O) groups is 1. The van der Waals surface area contributed by atoms with Crippen molar-refractivity contribution in [2.24, 2.45) is 0 Å². The molecule has 208 valence electrons. The molecule has 0 aliphatic rings. The van der Waals surface area contributed by atoms with Gasteiger partial charge in [0.2, 0.25) is 5.69 Å². The van der Waals surface area contributed by atoms with E-state index in [4.69, 9.17) is 9.47 Å². The quantitative estimate of drug-likeness (QED) is 0.338. The average Bonchev–Trinajstić information content (AvgIpc) is 2.95. The predicted octanol–water partition coefficient (Wildman–Crippen LogP) is 2.85. The summed E-state index contributed by atoms with van der Waals surface area (Å²) >= 11 is 0. The van der Waals surface area contributed by atoms with Gasteiger partial charge in [-0.05, 0) is 42.0 Å². The smallest absolute Gasteiger partial charge is 0.416 e. The Morgan fingerprint density at radius 1 is 0.975 bits per heavy atom. The molecule has 10 nitrogen and oxygen atoms in total. The summed E-state index contributed by atoms with van der Waals surface area (Å²) in [6, 6.07) is 13.9. The van der Waals surface area contributed by atoms with Crippen LogP contribution in [0.3, 0.4) is 0 Å². The van der Waals surface area contributed by atoms with Crippen molar-refractivity contribution in [2.75, 3.05) is 20.8 Å². The molecule has 1 amide bonds. The van der Waals surface area contributed by atoms with Gasteiger partial charge in [-0.1, -0.05) is 18.2 Å². The van der Waals surface area contributed by atoms with Crippen molar-refractivity contribution < 1.29 is 27.4 Å². The Hall–Kier alpha value is -4.94. The number of hydrogen-bond donors (Lipinski definition) is 1. The van der Waals surface area contributed by atoms with Crippen molar-refractivity contribution in [1.82, 2.24) is 24.6 Å². The maximum Gasteiger partial charge on any atom is 0.416 e. The predicted molar refractivity (Wildman–Crippen MR) is 138 cm³/mol. The van der Waals surface area contributed by atoms with Gasteiger partial charge in [0.15, 0.2) is 11.5 Å². The molecule has 0 saturated carbocycles. The fourth-order valence-corrected chi connectivity index (χ4v) is 3.88. The number of nitrogens with one attached hydrogen (secondary N) is 1. The molecule has 2 heterocycles. The highest BCUT2D eigenvalue weighted by molar-refractivity contribution is 5.91. The summed E-state index contributed by atoms with van der Waals surface area (Å²) in [4.78, 5) is 44.0. The topological polar surface area (TPSA) is 117 Å². The van der Waals surface area contributed by atoms with Gasteiger partial charge in [-0.15, -0.1) is 0 Å². The number of carbonyl (C=O) groups excluding carboxylic acids is 1. The summed E-state index contributed by atoms with van der Waals surface area (Å²) in [5.41, 5.74) is -2.74. The summed E-state index contributed by atoms with van der Waals surface area (Å²) in [5, 5.41) is 6.61. The Labute approximate surface area is 225 Å². The van der Waals surface area contributed by atoms with Crippen LogP contribution in [0.5, 0.6) is 11.5 Å². The van der Waals surface area contributed by atoms with Crippen LogP contribution in [0, 0.1) is 0 Å². The summed E-state index contributed by atoms with van der Waals surface area (Å²) in [5.74, 6) is -0.275. The molecule has 0 aliphatic heterocycles. The number of alkyl halides is 3. The Bertz CT molecular complexity index is 1630. The first-order valence-electron chi connectivity index (χ1n) is 11.9. The number of pyridine rings is 1. The van der Waals surface area contributed by atoms with Gasteiger partial charge in [0.25, 0.3) is 11.5 Å². The van der Waals surface area contributed by atoms with E-state index in [1.54, 1.807) is 24.4 Å². The molecular weight excluding hydrogens is 531 g/mol. The molecule has 0 atom stereocenters. The number of hydrogen-bond acceptors (Lipinski definition) is 7. The van der Waals surface area contributed by atoms with E-state index in [-0.39, 0.29) is 23.5 Å². The minimum absolute atomic E-state index is 0.0283. The Kier molecular flexibility index (Phi) is 8.31. The molecule has 0 saturated heterocycles. The van der Waals surface area contributed by atoms with E-state index in [9.17, 15) is 27.6 Å². The third-order valence-electron chi connectivity index (χ3n) is 5.87. The van der Waals surface area contributed by atoms with Crippen LogP contribution in [0.25, 0.3) is 5.69 Å². The number of amides is 1. The maximum absolute atomic E-state index is 13.4. The van der Waals surface area contributed by atoms with Gasteiger partial charge in [-0.3, -0.25) is 19.1 Å². The number of nitrogens with zero attached hydrogens (tertiary/aromatic N) is 4. The van der Waals surface area contributed by atoms with E-state index < -0.39 is 41.1 Å². The second-order valence-corrected chi connectivity index (χ2v) is 8.50. The molecule has 0 aliphatic carbocycles. The van der Waals surface area contributed by atoms with Gasteiger partial charge in [0, 0.05) is 30.9 Å². The van der Waals surface area contributed by atoms with Crippen molar-refractivity contribution >= 4 is 5.91 Å². The molecule has 2 aromatic carbocycles. The number of rotatable bonds is 9. The van der Waals surface area contributed by atoms with Gasteiger partial charge < -0.3 is 14.8 Å². The molecular formula is C27H24F3N5O5. The van der Waals surface area contributed by atoms with Crippen molar-refractivity contribution in [3.63, 3.8) is 0 Å². The molecule has 1 N–H and O–H groups in total. The normalized spacial score (nSPS) is 11.2. The molecule has 40 heavy (non-hydrogen) atoms. The molecule has 4 rings (SSSR count). The molecule has 4 aromatic rings.